The first kappa shape index (κ1) is 13.8. The first-order valence-electron chi connectivity index (χ1n) is 7.14. The molecule has 4 nitrogen and oxygen atoms in total. The van der Waals surface area contributed by atoms with Crippen LogP contribution in [0.5, 0.6) is 0 Å². The fraction of sp³-hybridized carbons (Fsp3) is 0.929. The van der Waals surface area contributed by atoms with E-state index in [0.29, 0.717) is 6.42 Å². The average Bonchev–Trinajstić information content (AvgIpc) is 2.34. The molecule has 2 N–H and O–H groups in total. The van der Waals surface area contributed by atoms with Gasteiger partial charge >= 0.3 is 0 Å². The van der Waals surface area contributed by atoms with Gasteiger partial charge < -0.3 is 15.2 Å². The Labute approximate surface area is 109 Å². The molecule has 0 bridgehead atoms. The van der Waals surface area contributed by atoms with Crippen molar-refractivity contribution in [1.82, 2.24) is 5.32 Å². The molecule has 2 aliphatic rings. The van der Waals surface area contributed by atoms with Gasteiger partial charge in [0.1, 0.15) is 0 Å². The SMILES string of the molecule is COC1(CC(=O)NC2CCCCC2CO)CCC1. The molecule has 0 saturated heterocycles. The molecule has 2 unspecified atom stereocenters. The molecule has 18 heavy (non-hydrogen) atoms. The highest BCUT2D eigenvalue weighted by molar-refractivity contribution is 5.77. The fourth-order valence-electron chi connectivity index (χ4n) is 3.19. The minimum Gasteiger partial charge on any atom is -0.396 e. The number of methoxy groups -OCH3 is 1. The number of carbonyl (C=O) groups is 1. The molecule has 0 heterocycles. The van der Waals surface area contributed by atoms with Crippen LogP contribution < -0.4 is 5.32 Å². The Hall–Kier alpha value is -0.610. The number of aliphatic hydroxyl groups is 1. The van der Waals surface area contributed by atoms with Crippen LogP contribution in [-0.2, 0) is 9.53 Å². The Kier molecular flexibility index (Phi) is 4.62. The van der Waals surface area contributed by atoms with E-state index in [2.05, 4.69) is 5.32 Å². The molecule has 0 spiro atoms. The fourth-order valence-corrected chi connectivity index (χ4v) is 3.19. The number of amides is 1. The van der Waals surface area contributed by atoms with Crippen molar-refractivity contribution in [1.29, 1.82) is 0 Å². The third kappa shape index (κ3) is 3.04. The Bertz CT molecular complexity index is 283. The van der Waals surface area contributed by atoms with E-state index >= 15 is 0 Å². The van der Waals surface area contributed by atoms with E-state index in [9.17, 15) is 9.90 Å². The standard InChI is InChI=1S/C14H25NO3/c1-18-14(7-4-8-14)9-13(17)15-12-6-3-2-5-11(12)10-16/h11-12,16H,2-10H2,1H3,(H,15,17). The second-order valence-corrected chi connectivity index (χ2v) is 5.82. The van der Waals surface area contributed by atoms with E-state index < -0.39 is 0 Å². The Morgan fingerprint density at radius 2 is 2.06 bits per heavy atom. The van der Waals surface area contributed by atoms with Gasteiger partial charge in [-0.05, 0) is 32.1 Å². The molecule has 2 aliphatic carbocycles. The van der Waals surface area contributed by atoms with E-state index in [1.807, 2.05) is 0 Å². The molecule has 104 valence electrons. The van der Waals surface area contributed by atoms with E-state index in [0.717, 1.165) is 38.5 Å². The number of hydrogen-bond acceptors (Lipinski definition) is 3. The number of carbonyl (C=O) groups excluding carboxylic acids is 1. The lowest BCUT2D eigenvalue weighted by atomic mass is 9.77. The van der Waals surface area contributed by atoms with Gasteiger partial charge in [-0.3, -0.25) is 4.79 Å². The lowest BCUT2D eigenvalue weighted by Crippen LogP contribution is -2.48. The Morgan fingerprint density at radius 1 is 1.33 bits per heavy atom. The predicted octanol–water partition coefficient (Wildman–Crippen LogP) is 1.61. The van der Waals surface area contributed by atoms with Crippen molar-refractivity contribution < 1.29 is 14.6 Å². The normalized spacial score (nSPS) is 30.6. The molecule has 2 rings (SSSR count). The zero-order chi connectivity index (χ0) is 13.0. The number of hydrogen-bond donors (Lipinski definition) is 2. The van der Waals surface area contributed by atoms with Crippen LogP contribution in [0.15, 0.2) is 0 Å². The second kappa shape index (κ2) is 6.02. The first-order valence-corrected chi connectivity index (χ1v) is 7.14. The second-order valence-electron chi connectivity index (χ2n) is 5.82. The summed E-state index contributed by atoms with van der Waals surface area (Å²) in [6.07, 6.45) is 7.95. The molecular formula is C14H25NO3. The quantitative estimate of drug-likeness (QED) is 0.784. The maximum atomic E-state index is 12.1. The van der Waals surface area contributed by atoms with Crippen molar-refractivity contribution in [2.24, 2.45) is 5.92 Å². The summed E-state index contributed by atoms with van der Waals surface area (Å²) in [7, 11) is 1.70. The van der Waals surface area contributed by atoms with Crippen molar-refractivity contribution in [2.75, 3.05) is 13.7 Å². The predicted molar refractivity (Wildman–Crippen MR) is 69.2 cm³/mol. The van der Waals surface area contributed by atoms with Crippen LogP contribution in [0.3, 0.4) is 0 Å². The van der Waals surface area contributed by atoms with Gasteiger partial charge in [0, 0.05) is 25.7 Å². The lowest BCUT2D eigenvalue weighted by molar-refractivity contribution is -0.135. The van der Waals surface area contributed by atoms with Gasteiger partial charge in [-0.1, -0.05) is 12.8 Å². The first-order chi connectivity index (χ1) is 8.69. The van der Waals surface area contributed by atoms with Gasteiger partial charge in [-0.25, -0.2) is 0 Å². The smallest absolute Gasteiger partial charge is 0.223 e. The molecule has 0 radical (unpaired) electrons. The van der Waals surface area contributed by atoms with Crippen LogP contribution >= 0.6 is 0 Å². The number of nitrogens with one attached hydrogen (secondary N) is 1. The van der Waals surface area contributed by atoms with Gasteiger partial charge in [-0.15, -0.1) is 0 Å². The van der Waals surface area contributed by atoms with E-state index in [-0.39, 0.29) is 30.1 Å². The van der Waals surface area contributed by atoms with Crippen LogP contribution in [0.25, 0.3) is 0 Å². The molecule has 4 heteroatoms. The summed E-state index contributed by atoms with van der Waals surface area (Å²) in [5.41, 5.74) is -0.201. The van der Waals surface area contributed by atoms with Crippen molar-refractivity contribution >= 4 is 5.91 Å². The topological polar surface area (TPSA) is 58.6 Å². The van der Waals surface area contributed by atoms with Crippen LogP contribution in [0.4, 0.5) is 0 Å². The van der Waals surface area contributed by atoms with Gasteiger partial charge in [-0.2, -0.15) is 0 Å². The monoisotopic (exact) mass is 255 g/mol. The van der Waals surface area contributed by atoms with Gasteiger partial charge in [0.25, 0.3) is 0 Å². The highest BCUT2D eigenvalue weighted by atomic mass is 16.5. The van der Waals surface area contributed by atoms with Gasteiger partial charge in [0.2, 0.25) is 5.91 Å². The van der Waals surface area contributed by atoms with E-state index in [4.69, 9.17) is 4.74 Å². The number of ether oxygens (including phenoxy) is 1. The molecule has 0 aromatic heterocycles. The maximum Gasteiger partial charge on any atom is 0.223 e. The molecule has 1 amide bonds. The van der Waals surface area contributed by atoms with Crippen LogP contribution in [0, 0.1) is 5.92 Å². The maximum absolute atomic E-state index is 12.1. The summed E-state index contributed by atoms with van der Waals surface area (Å²) < 4.78 is 5.48. The summed E-state index contributed by atoms with van der Waals surface area (Å²) in [5.74, 6) is 0.324. The van der Waals surface area contributed by atoms with E-state index in [1.54, 1.807) is 7.11 Å². The molecule has 2 fully saturated rings. The highest BCUT2D eigenvalue weighted by Gasteiger charge is 2.39. The Morgan fingerprint density at radius 3 is 2.61 bits per heavy atom. The number of rotatable bonds is 5. The summed E-state index contributed by atoms with van der Waals surface area (Å²) in [4.78, 5) is 12.1. The zero-order valence-electron chi connectivity index (χ0n) is 11.3. The number of aliphatic hydroxyl groups excluding tert-OH is 1. The van der Waals surface area contributed by atoms with Crippen molar-refractivity contribution in [2.45, 2.75) is 63.0 Å². The molecule has 0 aromatic rings. The summed E-state index contributed by atoms with van der Waals surface area (Å²) in [6.45, 7) is 0.181. The largest absolute Gasteiger partial charge is 0.396 e. The molecule has 2 atom stereocenters. The minimum atomic E-state index is -0.201. The third-order valence-electron chi connectivity index (χ3n) is 4.67. The van der Waals surface area contributed by atoms with Crippen LogP contribution in [0.2, 0.25) is 0 Å². The summed E-state index contributed by atoms with van der Waals surface area (Å²) in [6, 6.07) is 0.158. The van der Waals surface area contributed by atoms with E-state index in [1.165, 1.54) is 6.42 Å². The van der Waals surface area contributed by atoms with Crippen molar-refractivity contribution in [3.05, 3.63) is 0 Å². The van der Waals surface area contributed by atoms with Crippen molar-refractivity contribution in [3.8, 4) is 0 Å². The third-order valence-corrected chi connectivity index (χ3v) is 4.67. The van der Waals surface area contributed by atoms with Crippen molar-refractivity contribution in [3.63, 3.8) is 0 Å². The zero-order valence-corrected chi connectivity index (χ0v) is 11.3. The molecule has 0 aliphatic heterocycles. The molecule has 2 saturated carbocycles. The minimum absolute atomic E-state index is 0.0851. The van der Waals surface area contributed by atoms with Gasteiger partial charge in [0.15, 0.2) is 0 Å². The van der Waals surface area contributed by atoms with Crippen LogP contribution in [0.1, 0.15) is 51.4 Å². The summed E-state index contributed by atoms with van der Waals surface area (Å²) >= 11 is 0. The average molecular weight is 255 g/mol. The molecule has 0 aromatic carbocycles. The summed E-state index contributed by atoms with van der Waals surface area (Å²) in [5, 5.41) is 12.4. The Balaban J connectivity index is 1.82. The van der Waals surface area contributed by atoms with Gasteiger partial charge in [0.05, 0.1) is 12.0 Å². The highest BCUT2D eigenvalue weighted by Crippen LogP contribution is 2.38. The lowest BCUT2D eigenvalue weighted by Gasteiger charge is -2.40. The molecular weight excluding hydrogens is 230 g/mol. The van der Waals surface area contributed by atoms with Crippen LogP contribution in [-0.4, -0.2) is 36.4 Å².